The Morgan fingerprint density at radius 2 is 1.78 bits per heavy atom. The number of esters is 1. The monoisotopic (exact) mass is 382 g/mol. The van der Waals surface area contributed by atoms with Gasteiger partial charge in [-0.05, 0) is 49.7 Å². The molecule has 0 bridgehead atoms. The van der Waals surface area contributed by atoms with Crippen molar-refractivity contribution in [3.05, 3.63) is 66.2 Å². The molecule has 1 aliphatic carbocycles. The standard InChI is InChI=1S/C22H26N2O2S/c1-2-26-21(25)19-14-9-15-20(19)24(16-17-10-5-3-6-11-17)22(27)23-18-12-7-4-8-13-18/h3-8,10-13,19-20H,2,9,14-16H2,1H3,(H,23,27)/t19-,20+/m1/s1. The summed E-state index contributed by atoms with van der Waals surface area (Å²) < 4.78 is 5.33. The molecular formula is C22H26N2O2S. The molecule has 27 heavy (non-hydrogen) atoms. The third-order valence-corrected chi connectivity index (χ3v) is 5.29. The van der Waals surface area contributed by atoms with E-state index in [2.05, 4.69) is 22.3 Å². The third-order valence-electron chi connectivity index (χ3n) is 4.95. The van der Waals surface area contributed by atoms with Crippen LogP contribution in [0.2, 0.25) is 0 Å². The molecule has 2 aromatic rings. The molecule has 1 N–H and O–H groups in total. The van der Waals surface area contributed by atoms with E-state index in [0.717, 1.165) is 24.9 Å². The van der Waals surface area contributed by atoms with E-state index < -0.39 is 0 Å². The lowest BCUT2D eigenvalue weighted by molar-refractivity contribution is -0.149. The van der Waals surface area contributed by atoms with Gasteiger partial charge in [0.1, 0.15) is 0 Å². The largest absolute Gasteiger partial charge is 0.466 e. The Morgan fingerprint density at radius 3 is 2.44 bits per heavy atom. The number of thiocarbonyl (C=S) groups is 1. The fourth-order valence-corrected chi connectivity index (χ4v) is 3.99. The van der Waals surface area contributed by atoms with Gasteiger partial charge in [-0.3, -0.25) is 4.79 Å². The lowest BCUT2D eigenvalue weighted by Gasteiger charge is -2.34. The molecule has 0 aromatic heterocycles. The number of benzene rings is 2. The Balaban J connectivity index is 1.82. The van der Waals surface area contributed by atoms with Crippen LogP contribution in [0.25, 0.3) is 0 Å². The van der Waals surface area contributed by atoms with Crippen LogP contribution < -0.4 is 5.32 Å². The van der Waals surface area contributed by atoms with Crippen LogP contribution in [-0.2, 0) is 16.1 Å². The number of rotatable bonds is 6. The summed E-state index contributed by atoms with van der Waals surface area (Å²) in [6.07, 6.45) is 2.79. The fraction of sp³-hybridized carbons (Fsp3) is 0.364. The quantitative estimate of drug-likeness (QED) is 0.583. The van der Waals surface area contributed by atoms with Crippen LogP contribution >= 0.6 is 12.2 Å². The van der Waals surface area contributed by atoms with Crippen LogP contribution in [0.15, 0.2) is 60.7 Å². The van der Waals surface area contributed by atoms with E-state index in [1.807, 2.05) is 55.5 Å². The number of anilines is 1. The Hall–Kier alpha value is -2.40. The Labute approximate surface area is 166 Å². The van der Waals surface area contributed by atoms with Crippen LogP contribution in [0.4, 0.5) is 5.69 Å². The number of hydrogen-bond acceptors (Lipinski definition) is 3. The van der Waals surface area contributed by atoms with Crippen LogP contribution in [0.3, 0.4) is 0 Å². The first-order valence-electron chi connectivity index (χ1n) is 9.52. The number of nitrogens with one attached hydrogen (secondary N) is 1. The van der Waals surface area contributed by atoms with Crippen molar-refractivity contribution in [2.45, 2.75) is 38.8 Å². The SMILES string of the molecule is CCOC(=O)[C@@H]1CCC[C@@H]1N(Cc1ccccc1)C(=S)Nc1ccccc1. The molecule has 1 saturated carbocycles. The van der Waals surface area contributed by atoms with Gasteiger partial charge < -0.3 is 15.0 Å². The fourth-order valence-electron chi connectivity index (χ4n) is 3.67. The van der Waals surface area contributed by atoms with Crippen molar-refractivity contribution in [1.29, 1.82) is 0 Å². The van der Waals surface area contributed by atoms with Gasteiger partial charge in [0, 0.05) is 18.3 Å². The first kappa shape index (κ1) is 19.4. The van der Waals surface area contributed by atoms with Crippen molar-refractivity contribution < 1.29 is 9.53 Å². The molecule has 142 valence electrons. The second-order valence-corrected chi connectivity index (χ2v) is 7.15. The minimum absolute atomic E-state index is 0.0490. The lowest BCUT2D eigenvalue weighted by Crippen LogP contribution is -2.46. The van der Waals surface area contributed by atoms with Crippen molar-refractivity contribution in [1.82, 2.24) is 4.90 Å². The highest BCUT2D eigenvalue weighted by Crippen LogP contribution is 2.32. The number of carbonyl (C=O) groups is 1. The van der Waals surface area contributed by atoms with E-state index >= 15 is 0 Å². The van der Waals surface area contributed by atoms with Gasteiger partial charge in [0.05, 0.1) is 12.5 Å². The van der Waals surface area contributed by atoms with E-state index in [4.69, 9.17) is 17.0 Å². The predicted molar refractivity (Wildman–Crippen MR) is 112 cm³/mol. The van der Waals surface area contributed by atoms with Crippen LogP contribution in [0.1, 0.15) is 31.7 Å². The predicted octanol–water partition coefficient (Wildman–Crippen LogP) is 4.62. The summed E-state index contributed by atoms with van der Waals surface area (Å²) in [6.45, 7) is 2.93. The summed E-state index contributed by atoms with van der Waals surface area (Å²) in [5.41, 5.74) is 2.12. The summed E-state index contributed by atoms with van der Waals surface area (Å²) in [5.74, 6) is -0.246. The molecular weight excluding hydrogens is 356 g/mol. The van der Waals surface area contributed by atoms with E-state index in [-0.39, 0.29) is 17.9 Å². The first-order chi connectivity index (χ1) is 13.2. The van der Waals surface area contributed by atoms with Crippen molar-refractivity contribution in [2.24, 2.45) is 5.92 Å². The maximum Gasteiger partial charge on any atom is 0.311 e. The Bertz CT molecular complexity index is 751. The van der Waals surface area contributed by atoms with Gasteiger partial charge in [-0.2, -0.15) is 0 Å². The molecule has 0 heterocycles. The second-order valence-electron chi connectivity index (χ2n) is 6.77. The maximum atomic E-state index is 12.5. The van der Waals surface area contributed by atoms with E-state index in [1.165, 1.54) is 5.56 Å². The number of hydrogen-bond donors (Lipinski definition) is 1. The van der Waals surface area contributed by atoms with Gasteiger partial charge in [-0.15, -0.1) is 0 Å². The molecule has 2 aromatic carbocycles. The average Bonchev–Trinajstić information content (AvgIpc) is 3.17. The zero-order chi connectivity index (χ0) is 19.1. The second kappa shape index (κ2) is 9.51. The van der Waals surface area contributed by atoms with Gasteiger partial charge in [0.15, 0.2) is 5.11 Å². The molecule has 0 aliphatic heterocycles. The van der Waals surface area contributed by atoms with Gasteiger partial charge in [0.2, 0.25) is 0 Å². The van der Waals surface area contributed by atoms with Gasteiger partial charge in [-0.25, -0.2) is 0 Å². The summed E-state index contributed by atoms with van der Waals surface area (Å²) in [7, 11) is 0. The molecule has 0 radical (unpaired) electrons. The summed E-state index contributed by atoms with van der Waals surface area (Å²) >= 11 is 5.76. The minimum atomic E-state index is -0.135. The molecule has 0 spiro atoms. The van der Waals surface area contributed by atoms with Crippen LogP contribution in [-0.4, -0.2) is 28.6 Å². The molecule has 0 unspecified atom stereocenters. The highest BCUT2D eigenvalue weighted by molar-refractivity contribution is 7.80. The number of para-hydroxylation sites is 1. The Morgan fingerprint density at radius 1 is 1.11 bits per heavy atom. The van der Waals surface area contributed by atoms with Gasteiger partial charge in [-0.1, -0.05) is 55.0 Å². The van der Waals surface area contributed by atoms with Crippen LogP contribution in [0, 0.1) is 5.92 Å². The van der Waals surface area contributed by atoms with Gasteiger partial charge in [0.25, 0.3) is 0 Å². The van der Waals surface area contributed by atoms with Crippen molar-refractivity contribution >= 4 is 29.0 Å². The third kappa shape index (κ3) is 5.07. The molecule has 1 fully saturated rings. The normalized spacial score (nSPS) is 18.7. The maximum absolute atomic E-state index is 12.5. The topological polar surface area (TPSA) is 41.6 Å². The van der Waals surface area contributed by atoms with Crippen molar-refractivity contribution in [3.63, 3.8) is 0 Å². The molecule has 0 saturated heterocycles. The molecule has 3 rings (SSSR count). The highest BCUT2D eigenvalue weighted by Gasteiger charge is 2.38. The first-order valence-corrected chi connectivity index (χ1v) is 9.93. The van der Waals surface area contributed by atoms with Gasteiger partial charge >= 0.3 is 5.97 Å². The molecule has 2 atom stereocenters. The summed E-state index contributed by atoms with van der Waals surface area (Å²) in [6, 6.07) is 20.2. The lowest BCUT2D eigenvalue weighted by atomic mass is 10.0. The zero-order valence-corrected chi connectivity index (χ0v) is 16.5. The highest BCUT2D eigenvalue weighted by atomic mass is 32.1. The minimum Gasteiger partial charge on any atom is -0.466 e. The van der Waals surface area contributed by atoms with E-state index in [9.17, 15) is 4.79 Å². The van der Waals surface area contributed by atoms with Crippen LogP contribution in [0.5, 0.6) is 0 Å². The van der Waals surface area contributed by atoms with E-state index in [1.54, 1.807) is 0 Å². The van der Waals surface area contributed by atoms with Crippen molar-refractivity contribution in [3.8, 4) is 0 Å². The Kier molecular flexibility index (Phi) is 6.82. The molecule has 1 aliphatic rings. The average molecular weight is 383 g/mol. The van der Waals surface area contributed by atoms with Crippen molar-refractivity contribution in [2.75, 3.05) is 11.9 Å². The smallest absolute Gasteiger partial charge is 0.311 e. The number of carbonyl (C=O) groups excluding carboxylic acids is 1. The zero-order valence-electron chi connectivity index (χ0n) is 15.6. The summed E-state index contributed by atoms with van der Waals surface area (Å²) in [4.78, 5) is 14.6. The van der Waals surface area contributed by atoms with E-state index in [0.29, 0.717) is 18.3 Å². The molecule has 5 heteroatoms. The molecule has 0 amide bonds. The number of ether oxygens (including phenoxy) is 1. The summed E-state index contributed by atoms with van der Waals surface area (Å²) in [5, 5.41) is 3.98. The number of nitrogens with zero attached hydrogens (tertiary/aromatic N) is 1. The molecule has 4 nitrogen and oxygen atoms in total.